The summed E-state index contributed by atoms with van der Waals surface area (Å²) >= 11 is 0. The average Bonchev–Trinajstić information content (AvgIpc) is 2.49. The van der Waals surface area contributed by atoms with Crippen molar-refractivity contribution in [2.75, 3.05) is 46.5 Å². The van der Waals surface area contributed by atoms with E-state index < -0.39 is 0 Å². The Balaban J connectivity index is 1.95. The van der Waals surface area contributed by atoms with Crippen LogP contribution >= 0.6 is 0 Å². The van der Waals surface area contributed by atoms with Gasteiger partial charge in [0, 0.05) is 26.8 Å². The molecule has 0 atom stereocenters. The topological polar surface area (TPSA) is 50.8 Å². The number of methoxy groups -OCH3 is 1. The number of amides is 1. The van der Waals surface area contributed by atoms with Crippen LogP contribution in [-0.2, 0) is 14.3 Å². The van der Waals surface area contributed by atoms with Gasteiger partial charge >= 0.3 is 0 Å². The van der Waals surface area contributed by atoms with Crippen molar-refractivity contribution in [3.8, 4) is 0 Å². The zero-order valence-electron chi connectivity index (χ0n) is 12.8. The Hall–Kier alpha value is -0.650. The molecule has 2 saturated heterocycles. The molecule has 0 radical (unpaired) electrons. The standard InChI is InChI=1S/C15H28N2O3/c1-3-20-13-4-10-17(11-5-13)14(18)15(12-19-2)6-8-16-9-7-15/h13,16H,3-12H2,1-2H3. The first-order chi connectivity index (χ1) is 9.72. The molecule has 0 aromatic rings. The highest BCUT2D eigenvalue weighted by Crippen LogP contribution is 2.32. The molecular weight excluding hydrogens is 256 g/mol. The molecule has 20 heavy (non-hydrogen) atoms. The number of nitrogens with zero attached hydrogens (tertiary/aromatic N) is 1. The summed E-state index contributed by atoms with van der Waals surface area (Å²) < 4.78 is 11.0. The van der Waals surface area contributed by atoms with Crippen molar-refractivity contribution in [1.82, 2.24) is 10.2 Å². The Bertz CT molecular complexity index is 303. The van der Waals surface area contributed by atoms with Crippen LogP contribution in [0.15, 0.2) is 0 Å². The fraction of sp³-hybridized carbons (Fsp3) is 0.933. The maximum absolute atomic E-state index is 12.9. The zero-order chi connectivity index (χ0) is 14.4. The summed E-state index contributed by atoms with van der Waals surface area (Å²) in [7, 11) is 1.69. The fourth-order valence-corrected chi connectivity index (χ4v) is 3.40. The number of ether oxygens (including phenoxy) is 2. The summed E-state index contributed by atoms with van der Waals surface area (Å²) in [5, 5.41) is 3.33. The molecule has 2 heterocycles. The SMILES string of the molecule is CCOC1CCN(C(=O)C2(COC)CCNCC2)CC1. The largest absolute Gasteiger partial charge is 0.384 e. The second kappa shape index (κ2) is 7.38. The minimum absolute atomic E-state index is 0.288. The second-order valence-electron chi connectivity index (χ2n) is 5.91. The zero-order valence-corrected chi connectivity index (χ0v) is 12.8. The van der Waals surface area contributed by atoms with Crippen LogP contribution in [0.2, 0.25) is 0 Å². The lowest BCUT2D eigenvalue weighted by molar-refractivity contribution is -0.150. The number of hydrogen-bond donors (Lipinski definition) is 1. The summed E-state index contributed by atoms with van der Waals surface area (Å²) in [4.78, 5) is 14.9. The van der Waals surface area contributed by atoms with Gasteiger partial charge in [-0.2, -0.15) is 0 Å². The molecule has 1 amide bonds. The molecule has 0 aromatic heterocycles. The highest BCUT2D eigenvalue weighted by Gasteiger charge is 2.42. The van der Waals surface area contributed by atoms with Gasteiger partial charge in [-0.15, -0.1) is 0 Å². The lowest BCUT2D eigenvalue weighted by Crippen LogP contribution is -2.53. The van der Waals surface area contributed by atoms with Crippen molar-refractivity contribution >= 4 is 5.91 Å². The quantitative estimate of drug-likeness (QED) is 0.819. The molecule has 5 nitrogen and oxygen atoms in total. The number of nitrogens with one attached hydrogen (secondary N) is 1. The fourth-order valence-electron chi connectivity index (χ4n) is 3.40. The van der Waals surface area contributed by atoms with Crippen LogP contribution < -0.4 is 5.32 Å². The monoisotopic (exact) mass is 284 g/mol. The molecule has 1 N–H and O–H groups in total. The molecule has 2 rings (SSSR count). The molecule has 5 heteroatoms. The average molecular weight is 284 g/mol. The molecule has 0 aromatic carbocycles. The van der Waals surface area contributed by atoms with E-state index in [1.165, 1.54) is 0 Å². The molecule has 0 spiro atoms. The van der Waals surface area contributed by atoms with Gasteiger partial charge in [0.2, 0.25) is 5.91 Å². The van der Waals surface area contributed by atoms with E-state index in [1.54, 1.807) is 7.11 Å². The summed E-state index contributed by atoms with van der Waals surface area (Å²) in [6.07, 6.45) is 4.01. The van der Waals surface area contributed by atoms with Crippen LogP contribution in [-0.4, -0.2) is 63.4 Å². The van der Waals surface area contributed by atoms with E-state index in [9.17, 15) is 4.79 Å². The second-order valence-corrected chi connectivity index (χ2v) is 5.91. The highest BCUT2D eigenvalue weighted by molar-refractivity contribution is 5.83. The van der Waals surface area contributed by atoms with E-state index in [2.05, 4.69) is 5.32 Å². The maximum Gasteiger partial charge on any atom is 0.231 e. The van der Waals surface area contributed by atoms with E-state index in [1.807, 2.05) is 11.8 Å². The molecule has 0 saturated carbocycles. The summed E-state index contributed by atoms with van der Waals surface area (Å²) in [6, 6.07) is 0. The minimum Gasteiger partial charge on any atom is -0.384 e. The molecule has 0 bridgehead atoms. The van der Waals surface area contributed by atoms with E-state index in [4.69, 9.17) is 9.47 Å². The first kappa shape index (κ1) is 15.7. The molecule has 2 fully saturated rings. The van der Waals surface area contributed by atoms with Crippen molar-refractivity contribution in [3.05, 3.63) is 0 Å². The Morgan fingerprint density at radius 3 is 2.50 bits per heavy atom. The highest BCUT2D eigenvalue weighted by atomic mass is 16.5. The van der Waals surface area contributed by atoms with Crippen LogP contribution in [0.1, 0.15) is 32.6 Å². The lowest BCUT2D eigenvalue weighted by atomic mass is 9.78. The number of piperidine rings is 2. The number of carbonyl (C=O) groups excluding carboxylic acids is 1. The van der Waals surface area contributed by atoms with Crippen molar-refractivity contribution < 1.29 is 14.3 Å². The van der Waals surface area contributed by atoms with Gasteiger partial charge in [-0.05, 0) is 45.7 Å². The van der Waals surface area contributed by atoms with Crippen LogP contribution in [0, 0.1) is 5.41 Å². The van der Waals surface area contributed by atoms with E-state index in [-0.39, 0.29) is 11.3 Å². The predicted octanol–water partition coefficient (Wildman–Crippen LogP) is 1.03. The Morgan fingerprint density at radius 1 is 1.30 bits per heavy atom. The van der Waals surface area contributed by atoms with Gasteiger partial charge < -0.3 is 19.7 Å². The van der Waals surface area contributed by atoms with Gasteiger partial charge in [0.25, 0.3) is 0 Å². The van der Waals surface area contributed by atoms with Gasteiger partial charge in [0.15, 0.2) is 0 Å². The maximum atomic E-state index is 12.9. The predicted molar refractivity (Wildman–Crippen MR) is 77.6 cm³/mol. The minimum atomic E-state index is -0.307. The summed E-state index contributed by atoms with van der Waals surface area (Å²) in [5.41, 5.74) is -0.307. The van der Waals surface area contributed by atoms with Gasteiger partial charge in [0.05, 0.1) is 18.1 Å². The molecule has 0 aliphatic carbocycles. The number of carbonyl (C=O) groups is 1. The third-order valence-corrected chi connectivity index (χ3v) is 4.57. The molecular formula is C15H28N2O3. The van der Waals surface area contributed by atoms with Crippen molar-refractivity contribution in [2.24, 2.45) is 5.41 Å². The molecule has 116 valence electrons. The van der Waals surface area contributed by atoms with Gasteiger partial charge in [-0.25, -0.2) is 0 Å². The van der Waals surface area contributed by atoms with Gasteiger partial charge in [-0.1, -0.05) is 0 Å². The molecule has 2 aliphatic rings. The van der Waals surface area contributed by atoms with Crippen LogP contribution in [0.25, 0.3) is 0 Å². The first-order valence-corrected chi connectivity index (χ1v) is 7.82. The number of likely N-dealkylation sites (tertiary alicyclic amines) is 1. The van der Waals surface area contributed by atoms with Crippen molar-refractivity contribution in [3.63, 3.8) is 0 Å². The van der Waals surface area contributed by atoms with E-state index >= 15 is 0 Å². The number of hydrogen-bond acceptors (Lipinski definition) is 4. The van der Waals surface area contributed by atoms with Crippen molar-refractivity contribution in [1.29, 1.82) is 0 Å². The summed E-state index contributed by atoms with van der Waals surface area (Å²) in [5.74, 6) is 0.288. The smallest absolute Gasteiger partial charge is 0.231 e. The molecule has 2 aliphatic heterocycles. The van der Waals surface area contributed by atoms with Crippen LogP contribution in [0.3, 0.4) is 0 Å². The summed E-state index contributed by atoms with van der Waals surface area (Å²) in [6.45, 7) is 6.79. The Kier molecular flexibility index (Phi) is 5.81. The third kappa shape index (κ3) is 3.51. The normalized spacial score (nSPS) is 23.8. The Morgan fingerprint density at radius 2 is 1.95 bits per heavy atom. The Labute approximate surface area is 122 Å². The van der Waals surface area contributed by atoms with Crippen molar-refractivity contribution in [2.45, 2.75) is 38.7 Å². The van der Waals surface area contributed by atoms with Crippen LogP contribution in [0.4, 0.5) is 0 Å². The van der Waals surface area contributed by atoms with Gasteiger partial charge in [-0.3, -0.25) is 4.79 Å². The third-order valence-electron chi connectivity index (χ3n) is 4.57. The molecule has 0 unspecified atom stereocenters. The first-order valence-electron chi connectivity index (χ1n) is 7.82. The lowest BCUT2D eigenvalue weighted by Gasteiger charge is -2.41. The number of rotatable bonds is 5. The van der Waals surface area contributed by atoms with Crippen LogP contribution in [0.5, 0.6) is 0 Å². The van der Waals surface area contributed by atoms with E-state index in [0.717, 1.165) is 58.5 Å². The van der Waals surface area contributed by atoms with Gasteiger partial charge in [0.1, 0.15) is 0 Å². The van der Waals surface area contributed by atoms with E-state index in [0.29, 0.717) is 12.7 Å².